The van der Waals surface area contributed by atoms with Crippen LogP contribution in [0, 0.1) is 0 Å². The summed E-state index contributed by atoms with van der Waals surface area (Å²) in [7, 11) is 0. The number of hydrogen-bond donors (Lipinski definition) is 2. The number of primary amides is 1. The van der Waals surface area contributed by atoms with Gasteiger partial charge in [0, 0.05) is 12.4 Å². The van der Waals surface area contributed by atoms with Gasteiger partial charge in [0.2, 0.25) is 5.91 Å². The van der Waals surface area contributed by atoms with Gasteiger partial charge in [-0.05, 0) is 18.6 Å². The number of aliphatic hydroxyl groups excluding tert-OH is 1. The molecule has 4 heteroatoms. The number of aliphatic hydroxyl groups is 1. The summed E-state index contributed by atoms with van der Waals surface area (Å²) >= 11 is 0. The van der Waals surface area contributed by atoms with Crippen LogP contribution in [-0.4, -0.2) is 16.0 Å². The first kappa shape index (κ1) is 8.67. The zero-order valence-corrected chi connectivity index (χ0v) is 6.69. The Kier molecular flexibility index (Phi) is 2.40. The van der Waals surface area contributed by atoms with Crippen molar-refractivity contribution < 1.29 is 9.90 Å². The predicted molar refractivity (Wildman–Crippen MR) is 43.4 cm³/mol. The van der Waals surface area contributed by atoms with Crippen molar-refractivity contribution in [3.05, 3.63) is 29.6 Å². The van der Waals surface area contributed by atoms with Crippen molar-refractivity contribution in [2.75, 3.05) is 0 Å². The zero-order valence-electron chi connectivity index (χ0n) is 6.69. The molecule has 0 aliphatic heterocycles. The molecule has 1 aromatic rings. The zero-order chi connectivity index (χ0) is 9.14. The average Bonchev–Trinajstić information content (AvgIpc) is 2.04. The normalized spacial score (nSPS) is 12.5. The molecular weight excluding hydrogens is 156 g/mol. The molecule has 0 fully saturated rings. The Morgan fingerprint density at radius 3 is 2.83 bits per heavy atom. The van der Waals surface area contributed by atoms with Crippen LogP contribution >= 0.6 is 0 Å². The second-order valence-corrected chi connectivity index (χ2v) is 2.55. The van der Waals surface area contributed by atoms with E-state index in [0.717, 1.165) is 0 Å². The fourth-order valence-corrected chi connectivity index (χ4v) is 0.821. The van der Waals surface area contributed by atoms with E-state index in [2.05, 4.69) is 4.98 Å². The Hall–Kier alpha value is -1.42. The molecule has 64 valence electrons. The highest BCUT2D eigenvalue weighted by atomic mass is 16.3. The van der Waals surface area contributed by atoms with E-state index in [0.29, 0.717) is 11.1 Å². The van der Waals surface area contributed by atoms with Gasteiger partial charge in [0.25, 0.3) is 0 Å². The molecule has 1 rings (SSSR count). The summed E-state index contributed by atoms with van der Waals surface area (Å²) in [5, 5.41) is 9.14. The van der Waals surface area contributed by atoms with E-state index in [9.17, 15) is 4.79 Å². The minimum atomic E-state index is -0.628. The molecule has 0 spiro atoms. The Morgan fingerprint density at radius 2 is 2.33 bits per heavy atom. The number of carbonyl (C=O) groups is 1. The van der Waals surface area contributed by atoms with Crippen LogP contribution in [0.1, 0.15) is 28.9 Å². The standard InChI is InChI=1S/C8H10N2O2/c1-5(11)6-2-7(8(9)12)4-10-3-6/h2-5,11H,1H3,(H2,9,12)/t5-/m1/s1. The molecule has 1 amide bonds. The molecule has 1 aromatic heterocycles. The van der Waals surface area contributed by atoms with Crippen molar-refractivity contribution in [3.8, 4) is 0 Å². The number of carbonyl (C=O) groups excluding carboxylic acids is 1. The fourth-order valence-electron chi connectivity index (χ4n) is 0.821. The molecule has 4 nitrogen and oxygen atoms in total. The summed E-state index contributed by atoms with van der Waals surface area (Å²) in [5.41, 5.74) is 5.92. The Balaban J connectivity index is 3.04. The molecule has 3 N–H and O–H groups in total. The third kappa shape index (κ3) is 1.79. The summed E-state index contributed by atoms with van der Waals surface area (Å²) in [6, 6.07) is 1.53. The Morgan fingerprint density at radius 1 is 1.67 bits per heavy atom. The van der Waals surface area contributed by atoms with Crippen LogP contribution in [0.5, 0.6) is 0 Å². The van der Waals surface area contributed by atoms with Gasteiger partial charge >= 0.3 is 0 Å². The van der Waals surface area contributed by atoms with Crippen LogP contribution in [0.2, 0.25) is 0 Å². The maximum atomic E-state index is 10.7. The van der Waals surface area contributed by atoms with Crippen LogP contribution in [0.3, 0.4) is 0 Å². The summed E-state index contributed by atoms with van der Waals surface area (Å²) in [5.74, 6) is -0.537. The van der Waals surface area contributed by atoms with E-state index in [1.54, 1.807) is 6.92 Å². The van der Waals surface area contributed by atoms with E-state index < -0.39 is 12.0 Å². The van der Waals surface area contributed by atoms with Crippen LogP contribution in [-0.2, 0) is 0 Å². The lowest BCUT2D eigenvalue weighted by Gasteiger charge is -2.03. The molecule has 0 saturated heterocycles. The monoisotopic (exact) mass is 166 g/mol. The highest BCUT2D eigenvalue weighted by Gasteiger charge is 2.05. The third-order valence-electron chi connectivity index (χ3n) is 1.53. The minimum Gasteiger partial charge on any atom is -0.389 e. The molecule has 0 aliphatic rings. The molecule has 0 radical (unpaired) electrons. The Bertz CT molecular complexity index is 297. The highest BCUT2D eigenvalue weighted by Crippen LogP contribution is 2.11. The number of aromatic nitrogens is 1. The van der Waals surface area contributed by atoms with Gasteiger partial charge in [0.15, 0.2) is 0 Å². The van der Waals surface area contributed by atoms with Crippen LogP contribution in [0.25, 0.3) is 0 Å². The van der Waals surface area contributed by atoms with Gasteiger partial charge in [-0.2, -0.15) is 0 Å². The summed E-state index contributed by atoms with van der Waals surface area (Å²) in [6.45, 7) is 1.60. The quantitative estimate of drug-likeness (QED) is 0.660. The molecule has 0 bridgehead atoms. The van der Waals surface area contributed by atoms with Crippen molar-refractivity contribution >= 4 is 5.91 Å². The number of amides is 1. The summed E-state index contributed by atoms with van der Waals surface area (Å²) in [6.07, 6.45) is 2.24. The lowest BCUT2D eigenvalue weighted by atomic mass is 10.1. The minimum absolute atomic E-state index is 0.313. The van der Waals surface area contributed by atoms with Crippen LogP contribution < -0.4 is 5.73 Å². The average molecular weight is 166 g/mol. The van der Waals surface area contributed by atoms with Gasteiger partial charge in [-0.3, -0.25) is 9.78 Å². The molecule has 0 aliphatic carbocycles. The largest absolute Gasteiger partial charge is 0.389 e. The second-order valence-electron chi connectivity index (χ2n) is 2.55. The molecule has 0 unspecified atom stereocenters. The van der Waals surface area contributed by atoms with Crippen molar-refractivity contribution in [2.24, 2.45) is 5.73 Å². The molecule has 0 aromatic carbocycles. The van der Waals surface area contributed by atoms with Crippen molar-refractivity contribution in [1.82, 2.24) is 4.98 Å². The number of nitrogens with two attached hydrogens (primary N) is 1. The smallest absolute Gasteiger partial charge is 0.250 e. The van der Waals surface area contributed by atoms with E-state index in [1.807, 2.05) is 0 Å². The van der Waals surface area contributed by atoms with Crippen molar-refractivity contribution in [2.45, 2.75) is 13.0 Å². The highest BCUT2D eigenvalue weighted by molar-refractivity contribution is 5.92. The second kappa shape index (κ2) is 3.32. The van der Waals surface area contributed by atoms with Crippen LogP contribution in [0.15, 0.2) is 18.5 Å². The van der Waals surface area contributed by atoms with Gasteiger partial charge in [-0.15, -0.1) is 0 Å². The van der Waals surface area contributed by atoms with Gasteiger partial charge in [0.05, 0.1) is 11.7 Å². The van der Waals surface area contributed by atoms with Crippen LogP contribution in [0.4, 0.5) is 0 Å². The first-order chi connectivity index (χ1) is 5.61. The maximum Gasteiger partial charge on any atom is 0.250 e. The van der Waals surface area contributed by atoms with Crippen molar-refractivity contribution in [3.63, 3.8) is 0 Å². The van der Waals surface area contributed by atoms with Gasteiger partial charge in [-0.1, -0.05) is 0 Å². The number of rotatable bonds is 2. The van der Waals surface area contributed by atoms with Gasteiger partial charge < -0.3 is 10.8 Å². The maximum absolute atomic E-state index is 10.7. The molecule has 1 heterocycles. The SMILES string of the molecule is C[C@@H](O)c1cncc(C(N)=O)c1. The number of nitrogens with zero attached hydrogens (tertiary/aromatic N) is 1. The van der Waals surface area contributed by atoms with E-state index in [-0.39, 0.29) is 0 Å². The lowest BCUT2D eigenvalue weighted by Crippen LogP contribution is -2.11. The molecule has 0 saturated carbocycles. The molecule has 12 heavy (non-hydrogen) atoms. The van der Waals surface area contributed by atoms with Crippen molar-refractivity contribution in [1.29, 1.82) is 0 Å². The van der Waals surface area contributed by atoms with Gasteiger partial charge in [-0.25, -0.2) is 0 Å². The summed E-state index contributed by atoms with van der Waals surface area (Å²) in [4.78, 5) is 14.4. The first-order valence-electron chi connectivity index (χ1n) is 3.54. The van der Waals surface area contributed by atoms with E-state index in [1.165, 1.54) is 18.5 Å². The fraction of sp³-hybridized carbons (Fsp3) is 0.250. The molecule has 1 atom stereocenters. The number of hydrogen-bond acceptors (Lipinski definition) is 3. The van der Waals surface area contributed by atoms with Gasteiger partial charge in [0.1, 0.15) is 0 Å². The van der Waals surface area contributed by atoms with E-state index >= 15 is 0 Å². The molecular formula is C8H10N2O2. The predicted octanol–water partition coefficient (Wildman–Crippen LogP) is 0.234. The first-order valence-corrected chi connectivity index (χ1v) is 3.54. The topological polar surface area (TPSA) is 76.2 Å². The lowest BCUT2D eigenvalue weighted by molar-refractivity contribution is 0.0999. The summed E-state index contributed by atoms with van der Waals surface area (Å²) < 4.78 is 0. The van der Waals surface area contributed by atoms with E-state index in [4.69, 9.17) is 10.8 Å². The Labute approximate surface area is 70.0 Å². The third-order valence-corrected chi connectivity index (χ3v) is 1.53. The number of pyridine rings is 1.